The van der Waals surface area contributed by atoms with Crippen molar-refractivity contribution >= 4 is 0 Å². The van der Waals surface area contributed by atoms with Crippen LogP contribution in [0.2, 0.25) is 0 Å². The molecule has 0 saturated carbocycles. The van der Waals surface area contributed by atoms with Gasteiger partial charge in [0.1, 0.15) is 0 Å². The first-order valence-electron chi connectivity index (χ1n) is 13.1. The van der Waals surface area contributed by atoms with Crippen LogP contribution in [-0.4, -0.2) is 24.9 Å². The minimum absolute atomic E-state index is 0.358. The first kappa shape index (κ1) is 27.9. The summed E-state index contributed by atoms with van der Waals surface area (Å²) in [6.45, 7) is 4.58. The third-order valence-electron chi connectivity index (χ3n) is 5.84. The van der Waals surface area contributed by atoms with E-state index in [0.717, 1.165) is 19.6 Å². The largest absolute Gasteiger partial charge is 0.396 e. The molecule has 0 aromatic rings. The van der Waals surface area contributed by atoms with Gasteiger partial charge < -0.3 is 9.84 Å². The smallest absolute Gasteiger partial charge is 0.0466 e. The Bertz CT molecular complexity index is 229. The average molecular weight is 399 g/mol. The van der Waals surface area contributed by atoms with E-state index in [1.165, 1.54) is 135 Å². The van der Waals surface area contributed by atoms with Crippen LogP contribution in [-0.2, 0) is 4.74 Å². The fraction of sp³-hybridized carbons (Fsp3) is 1.00. The number of aliphatic hydroxyl groups is 1. The third-order valence-corrected chi connectivity index (χ3v) is 5.84. The van der Waals surface area contributed by atoms with Crippen LogP contribution in [0.15, 0.2) is 0 Å². The summed E-state index contributed by atoms with van der Waals surface area (Å²) < 4.78 is 5.77. The maximum Gasteiger partial charge on any atom is 0.0466 e. The predicted molar refractivity (Wildman–Crippen MR) is 125 cm³/mol. The van der Waals surface area contributed by atoms with E-state index in [4.69, 9.17) is 9.84 Å². The summed E-state index contributed by atoms with van der Waals surface area (Å²) in [4.78, 5) is 0. The quantitative estimate of drug-likeness (QED) is 0.156. The molecule has 0 aliphatic rings. The van der Waals surface area contributed by atoms with Crippen LogP contribution >= 0.6 is 0 Å². The molecule has 0 aromatic heterocycles. The van der Waals surface area contributed by atoms with Gasteiger partial charge in [0.05, 0.1) is 0 Å². The summed E-state index contributed by atoms with van der Waals surface area (Å²) in [5.41, 5.74) is 0. The fourth-order valence-electron chi connectivity index (χ4n) is 3.88. The summed E-state index contributed by atoms with van der Waals surface area (Å²) in [6.07, 6.45) is 29.9. The van der Waals surface area contributed by atoms with Crippen LogP contribution in [0.1, 0.15) is 148 Å². The fourth-order valence-corrected chi connectivity index (χ4v) is 3.88. The van der Waals surface area contributed by atoms with Gasteiger partial charge in [-0.1, -0.05) is 129 Å². The van der Waals surface area contributed by atoms with E-state index in [2.05, 4.69) is 6.92 Å². The van der Waals surface area contributed by atoms with Gasteiger partial charge in [-0.15, -0.1) is 0 Å². The summed E-state index contributed by atoms with van der Waals surface area (Å²) in [7, 11) is 0. The van der Waals surface area contributed by atoms with Gasteiger partial charge in [-0.25, -0.2) is 0 Å². The van der Waals surface area contributed by atoms with Crippen LogP contribution < -0.4 is 0 Å². The molecule has 0 saturated heterocycles. The summed E-state index contributed by atoms with van der Waals surface area (Å²) >= 11 is 0. The van der Waals surface area contributed by atoms with Crippen molar-refractivity contribution in [2.75, 3.05) is 19.8 Å². The van der Waals surface area contributed by atoms with Crippen molar-refractivity contribution in [3.63, 3.8) is 0 Å². The van der Waals surface area contributed by atoms with Crippen LogP contribution in [0.3, 0.4) is 0 Å². The van der Waals surface area contributed by atoms with Crippen molar-refractivity contribution in [1.82, 2.24) is 0 Å². The second-order valence-corrected chi connectivity index (χ2v) is 8.76. The van der Waals surface area contributed by atoms with Crippen molar-refractivity contribution in [1.29, 1.82) is 0 Å². The average Bonchev–Trinajstić information content (AvgIpc) is 2.71. The number of hydrogen-bond donors (Lipinski definition) is 1. The third kappa shape index (κ3) is 25.9. The highest BCUT2D eigenvalue weighted by atomic mass is 16.5. The van der Waals surface area contributed by atoms with Crippen LogP contribution in [0.5, 0.6) is 0 Å². The van der Waals surface area contributed by atoms with E-state index in [0.29, 0.717) is 6.61 Å². The number of aliphatic hydroxyl groups excluding tert-OH is 1. The van der Waals surface area contributed by atoms with Crippen LogP contribution in [0, 0.1) is 0 Å². The summed E-state index contributed by atoms with van der Waals surface area (Å²) in [5, 5.41) is 8.73. The Balaban J connectivity index is 2.96. The summed E-state index contributed by atoms with van der Waals surface area (Å²) in [5.74, 6) is 0. The number of unbranched alkanes of at least 4 members (excludes halogenated alkanes) is 20. The van der Waals surface area contributed by atoms with Crippen LogP contribution in [0.4, 0.5) is 0 Å². The molecule has 0 aliphatic heterocycles. The second-order valence-electron chi connectivity index (χ2n) is 8.76. The molecule has 0 heterocycles. The van der Waals surface area contributed by atoms with Gasteiger partial charge in [0, 0.05) is 19.8 Å². The van der Waals surface area contributed by atoms with Crippen molar-refractivity contribution < 1.29 is 9.84 Å². The normalized spacial score (nSPS) is 11.4. The monoisotopic (exact) mass is 398 g/mol. The molecule has 0 aliphatic carbocycles. The lowest BCUT2D eigenvalue weighted by Gasteiger charge is -2.05. The first-order valence-corrected chi connectivity index (χ1v) is 13.1. The maximum atomic E-state index is 8.73. The van der Waals surface area contributed by atoms with Gasteiger partial charge in [0.2, 0.25) is 0 Å². The van der Waals surface area contributed by atoms with Gasteiger partial charge in [-0.3, -0.25) is 0 Å². The zero-order valence-electron chi connectivity index (χ0n) is 19.5. The van der Waals surface area contributed by atoms with E-state index < -0.39 is 0 Å². The molecule has 0 rings (SSSR count). The molecule has 0 unspecified atom stereocenters. The zero-order chi connectivity index (χ0) is 20.4. The molecule has 170 valence electrons. The van der Waals surface area contributed by atoms with E-state index in [-0.39, 0.29) is 0 Å². The number of hydrogen-bond acceptors (Lipinski definition) is 2. The highest BCUT2D eigenvalue weighted by Crippen LogP contribution is 2.13. The molecule has 2 nitrogen and oxygen atoms in total. The van der Waals surface area contributed by atoms with Gasteiger partial charge in [-0.05, 0) is 19.3 Å². The van der Waals surface area contributed by atoms with Crippen LogP contribution in [0.25, 0.3) is 0 Å². The van der Waals surface area contributed by atoms with Crippen molar-refractivity contribution in [3.8, 4) is 0 Å². The molecule has 0 spiro atoms. The minimum atomic E-state index is 0.358. The summed E-state index contributed by atoms with van der Waals surface area (Å²) in [6, 6.07) is 0. The molecule has 0 aromatic carbocycles. The minimum Gasteiger partial charge on any atom is -0.396 e. The van der Waals surface area contributed by atoms with E-state index in [1.807, 2.05) is 0 Å². The van der Waals surface area contributed by atoms with Crippen molar-refractivity contribution in [2.24, 2.45) is 0 Å². The molecule has 1 N–H and O–H groups in total. The molecule has 28 heavy (non-hydrogen) atoms. The SMILES string of the molecule is CCCCCCCCCCCCCCCCOCCCCCCCCCCO. The topological polar surface area (TPSA) is 29.5 Å². The highest BCUT2D eigenvalue weighted by molar-refractivity contribution is 4.50. The van der Waals surface area contributed by atoms with Gasteiger partial charge in [-0.2, -0.15) is 0 Å². The van der Waals surface area contributed by atoms with Gasteiger partial charge in [0.15, 0.2) is 0 Å². The molecule has 0 radical (unpaired) electrons. The Kier molecular flexibility index (Phi) is 26.8. The second kappa shape index (κ2) is 26.9. The zero-order valence-corrected chi connectivity index (χ0v) is 19.5. The van der Waals surface area contributed by atoms with Gasteiger partial charge >= 0.3 is 0 Å². The molecule has 0 amide bonds. The molecule has 0 bridgehead atoms. The molecule has 0 atom stereocenters. The maximum absolute atomic E-state index is 8.73. The van der Waals surface area contributed by atoms with E-state index in [9.17, 15) is 0 Å². The van der Waals surface area contributed by atoms with Gasteiger partial charge in [0.25, 0.3) is 0 Å². The lowest BCUT2D eigenvalue weighted by Crippen LogP contribution is -1.97. The number of ether oxygens (including phenoxy) is 1. The Labute approximate surface area is 178 Å². The Morgan fingerprint density at radius 2 is 0.679 bits per heavy atom. The molecule has 2 heteroatoms. The lowest BCUT2D eigenvalue weighted by atomic mass is 10.0. The molecular formula is C26H54O2. The lowest BCUT2D eigenvalue weighted by molar-refractivity contribution is 0.125. The number of rotatable bonds is 25. The molecule has 0 fully saturated rings. The Hall–Kier alpha value is -0.0800. The van der Waals surface area contributed by atoms with E-state index in [1.54, 1.807) is 0 Å². The Morgan fingerprint density at radius 1 is 0.393 bits per heavy atom. The van der Waals surface area contributed by atoms with Crippen molar-refractivity contribution in [2.45, 2.75) is 148 Å². The Morgan fingerprint density at radius 3 is 1.00 bits per heavy atom. The standard InChI is InChI=1S/C26H54O2/c1-2-3-4-5-6-7-8-9-10-11-13-16-19-22-25-28-26-23-20-17-14-12-15-18-21-24-27/h27H,2-26H2,1H3. The first-order chi connectivity index (χ1) is 13.9. The predicted octanol–water partition coefficient (Wildman–Crippen LogP) is 8.60. The van der Waals surface area contributed by atoms with Crippen molar-refractivity contribution in [3.05, 3.63) is 0 Å². The highest BCUT2D eigenvalue weighted by Gasteiger charge is 1.95. The van der Waals surface area contributed by atoms with E-state index >= 15 is 0 Å². The molecular weight excluding hydrogens is 344 g/mol.